The summed E-state index contributed by atoms with van der Waals surface area (Å²) in [6.45, 7) is 5.09. The molecule has 0 radical (unpaired) electrons. The van der Waals surface area contributed by atoms with Gasteiger partial charge < -0.3 is 9.94 Å². The van der Waals surface area contributed by atoms with Gasteiger partial charge in [0.15, 0.2) is 5.71 Å². The molecule has 1 N–H and O–H groups in total. The first-order chi connectivity index (χ1) is 9.74. The Morgan fingerprint density at radius 3 is 2.52 bits per heavy atom. The first-order valence-corrected chi connectivity index (χ1v) is 6.41. The molecule has 0 aliphatic heterocycles. The molecule has 0 bridgehead atoms. The fourth-order valence-electron chi connectivity index (χ4n) is 1.68. The predicted octanol–water partition coefficient (Wildman–Crippen LogP) is 2.70. The average Bonchev–Trinajstić information content (AvgIpc) is 2.37. The molecule has 0 amide bonds. The van der Waals surface area contributed by atoms with Crippen molar-refractivity contribution in [3.8, 4) is 0 Å². The van der Waals surface area contributed by atoms with Crippen LogP contribution in [-0.2, 0) is 16.0 Å². The van der Waals surface area contributed by atoms with Crippen molar-refractivity contribution in [2.24, 2.45) is 5.16 Å². The SMILES string of the molecule is CC(C)(C)OC(=O)C(CCc1ccccc1[N+](=O)[O-])=NO. The van der Waals surface area contributed by atoms with Crippen LogP contribution in [0.15, 0.2) is 29.4 Å². The number of carbonyl (C=O) groups excluding carboxylic acids is 1. The standard InChI is InChI=1S/C14H18N2O5/c1-14(2,3)21-13(17)11(15-18)9-8-10-6-4-5-7-12(10)16(19)20/h4-7,18H,8-9H2,1-3H3. The Morgan fingerprint density at radius 2 is 2.00 bits per heavy atom. The number of nitro benzene ring substituents is 1. The minimum Gasteiger partial charge on any atom is -0.455 e. The monoisotopic (exact) mass is 294 g/mol. The zero-order chi connectivity index (χ0) is 16.0. The van der Waals surface area contributed by atoms with Gasteiger partial charge >= 0.3 is 5.97 Å². The number of benzene rings is 1. The van der Waals surface area contributed by atoms with Crippen molar-refractivity contribution in [2.75, 3.05) is 0 Å². The average molecular weight is 294 g/mol. The molecule has 21 heavy (non-hydrogen) atoms. The summed E-state index contributed by atoms with van der Waals surface area (Å²) < 4.78 is 5.09. The van der Waals surface area contributed by atoms with Crippen molar-refractivity contribution in [3.63, 3.8) is 0 Å². The molecule has 0 saturated heterocycles. The third-order valence-corrected chi connectivity index (χ3v) is 2.57. The van der Waals surface area contributed by atoms with E-state index in [4.69, 9.17) is 9.94 Å². The van der Waals surface area contributed by atoms with Gasteiger partial charge in [-0.2, -0.15) is 0 Å². The molecular formula is C14H18N2O5. The lowest BCUT2D eigenvalue weighted by atomic mass is 10.1. The summed E-state index contributed by atoms with van der Waals surface area (Å²) in [5, 5.41) is 22.7. The smallest absolute Gasteiger partial charge is 0.356 e. The van der Waals surface area contributed by atoms with Gasteiger partial charge in [0.1, 0.15) is 5.60 Å². The van der Waals surface area contributed by atoms with Gasteiger partial charge in [-0.3, -0.25) is 10.1 Å². The van der Waals surface area contributed by atoms with Crippen molar-refractivity contribution in [1.29, 1.82) is 0 Å². The minimum absolute atomic E-state index is 0.0287. The molecule has 0 heterocycles. The molecule has 0 aliphatic carbocycles. The highest BCUT2D eigenvalue weighted by Crippen LogP contribution is 2.19. The van der Waals surface area contributed by atoms with Crippen LogP contribution < -0.4 is 0 Å². The number of oxime groups is 1. The number of nitrogens with zero attached hydrogens (tertiary/aromatic N) is 2. The summed E-state index contributed by atoms with van der Waals surface area (Å²) >= 11 is 0. The van der Waals surface area contributed by atoms with Gasteiger partial charge in [0, 0.05) is 18.1 Å². The number of aryl methyl sites for hydroxylation is 1. The highest BCUT2D eigenvalue weighted by atomic mass is 16.6. The summed E-state index contributed by atoms with van der Waals surface area (Å²) in [6.07, 6.45) is 0.256. The molecule has 1 aromatic carbocycles. The Morgan fingerprint density at radius 1 is 1.38 bits per heavy atom. The largest absolute Gasteiger partial charge is 0.455 e. The van der Waals surface area contributed by atoms with Gasteiger partial charge in [0.2, 0.25) is 0 Å². The van der Waals surface area contributed by atoms with Gasteiger partial charge in [-0.1, -0.05) is 23.4 Å². The number of carbonyl (C=O) groups is 1. The van der Waals surface area contributed by atoms with Gasteiger partial charge in [-0.05, 0) is 27.2 Å². The van der Waals surface area contributed by atoms with Crippen LogP contribution >= 0.6 is 0 Å². The Hall–Kier alpha value is -2.44. The normalized spacial score (nSPS) is 12.0. The number of para-hydroxylation sites is 1. The summed E-state index contributed by atoms with van der Waals surface area (Å²) in [5.74, 6) is -0.733. The quantitative estimate of drug-likeness (QED) is 0.296. The lowest BCUT2D eigenvalue weighted by Gasteiger charge is -2.19. The Labute approximate surface area is 122 Å². The van der Waals surface area contributed by atoms with Gasteiger partial charge in [-0.15, -0.1) is 0 Å². The number of ether oxygens (including phenoxy) is 1. The molecule has 7 heteroatoms. The Bertz CT molecular complexity index is 561. The highest BCUT2D eigenvalue weighted by Gasteiger charge is 2.22. The molecule has 1 rings (SSSR count). The van der Waals surface area contributed by atoms with Gasteiger partial charge in [0.25, 0.3) is 5.69 Å². The van der Waals surface area contributed by atoms with E-state index in [9.17, 15) is 14.9 Å². The maximum absolute atomic E-state index is 11.8. The fourth-order valence-corrected chi connectivity index (χ4v) is 1.68. The molecule has 0 saturated carbocycles. The molecule has 1 aromatic rings. The lowest BCUT2D eigenvalue weighted by molar-refractivity contribution is -0.385. The second kappa shape index (κ2) is 6.83. The number of esters is 1. The maximum atomic E-state index is 11.8. The van der Waals surface area contributed by atoms with E-state index in [1.54, 1.807) is 39.0 Å². The van der Waals surface area contributed by atoms with E-state index in [0.717, 1.165) is 0 Å². The summed E-state index contributed by atoms with van der Waals surface area (Å²) in [6, 6.07) is 6.23. The van der Waals surface area contributed by atoms with E-state index < -0.39 is 16.5 Å². The number of nitro groups is 1. The topological polar surface area (TPSA) is 102 Å². The Balaban J connectivity index is 2.78. The zero-order valence-electron chi connectivity index (χ0n) is 12.2. The van der Waals surface area contributed by atoms with Crippen LogP contribution in [0.4, 0.5) is 5.69 Å². The second-order valence-electron chi connectivity index (χ2n) is 5.43. The highest BCUT2D eigenvalue weighted by molar-refractivity contribution is 6.36. The van der Waals surface area contributed by atoms with Crippen LogP contribution in [0.2, 0.25) is 0 Å². The van der Waals surface area contributed by atoms with Crippen LogP contribution in [0.3, 0.4) is 0 Å². The molecule has 0 atom stereocenters. The van der Waals surface area contributed by atoms with E-state index >= 15 is 0 Å². The lowest BCUT2D eigenvalue weighted by Crippen LogP contribution is -2.29. The maximum Gasteiger partial charge on any atom is 0.356 e. The molecule has 0 fully saturated rings. The van der Waals surface area contributed by atoms with E-state index in [0.29, 0.717) is 5.56 Å². The molecule has 0 aliphatic rings. The Kier molecular flexibility index (Phi) is 5.40. The van der Waals surface area contributed by atoms with Crippen LogP contribution in [0.1, 0.15) is 32.8 Å². The summed E-state index contributed by atoms with van der Waals surface area (Å²) in [5.41, 5.74) is -0.430. The van der Waals surface area contributed by atoms with Gasteiger partial charge in [-0.25, -0.2) is 4.79 Å². The molecule has 0 aromatic heterocycles. The van der Waals surface area contributed by atoms with E-state index in [2.05, 4.69) is 5.16 Å². The van der Waals surface area contributed by atoms with Crippen LogP contribution in [0.5, 0.6) is 0 Å². The molecule has 0 unspecified atom stereocenters. The summed E-state index contributed by atoms with van der Waals surface area (Å²) in [4.78, 5) is 22.2. The van der Waals surface area contributed by atoms with Crippen molar-refractivity contribution < 1.29 is 19.7 Å². The van der Waals surface area contributed by atoms with Crippen molar-refractivity contribution >= 4 is 17.4 Å². The first kappa shape index (κ1) is 16.6. The molecule has 114 valence electrons. The van der Waals surface area contributed by atoms with E-state index in [-0.39, 0.29) is 24.2 Å². The molecule has 0 spiro atoms. The number of hydrogen-bond donors (Lipinski definition) is 1. The zero-order valence-corrected chi connectivity index (χ0v) is 12.2. The predicted molar refractivity (Wildman–Crippen MR) is 76.5 cm³/mol. The van der Waals surface area contributed by atoms with Crippen LogP contribution in [-0.4, -0.2) is 27.4 Å². The number of rotatable bonds is 5. The minimum atomic E-state index is -0.733. The van der Waals surface area contributed by atoms with Crippen molar-refractivity contribution in [3.05, 3.63) is 39.9 Å². The van der Waals surface area contributed by atoms with Crippen LogP contribution in [0.25, 0.3) is 0 Å². The van der Waals surface area contributed by atoms with Gasteiger partial charge in [0.05, 0.1) is 4.92 Å². The van der Waals surface area contributed by atoms with Crippen LogP contribution in [0, 0.1) is 10.1 Å². The fraction of sp³-hybridized carbons (Fsp3) is 0.429. The number of hydrogen-bond acceptors (Lipinski definition) is 6. The van der Waals surface area contributed by atoms with Crippen molar-refractivity contribution in [2.45, 2.75) is 39.2 Å². The molecular weight excluding hydrogens is 276 g/mol. The van der Waals surface area contributed by atoms with E-state index in [1.165, 1.54) is 6.07 Å². The summed E-state index contributed by atoms with van der Waals surface area (Å²) in [7, 11) is 0. The molecule has 7 nitrogen and oxygen atoms in total. The van der Waals surface area contributed by atoms with E-state index in [1.807, 2.05) is 0 Å². The second-order valence-corrected chi connectivity index (χ2v) is 5.43. The third kappa shape index (κ3) is 5.21. The van der Waals surface area contributed by atoms with Crippen molar-refractivity contribution in [1.82, 2.24) is 0 Å². The first-order valence-electron chi connectivity index (χ1n) is 6.41. The third-order valence-electron chi connectivity index (χ3n) is 2.57.